The Bertz CT molecular complexity index is 898. The second kappa shape index (κ2) is 9.65. The average molecular weight is 378 g/mol. The maximum Gasteiger partial charge on any atom is 0.166 e. The van der Waals surface area contributed by atoms with E-state index in [0.717, 1.165) is 28.4 Å². The number of para-hydroxylation sites is 1. The van der Waals surface area contributed by atoms with Crippen LogP contribution in [-0.2, 0) is 6.54 Å². The Balaban J connectivity index is 1.61. The molecule has 0 aliphatic rings. The van der Waals surface area contributed by atoms with Crippen LogP contribution in [0.3, 0.4) is 0 Å². The van der Waals surface area contributed by atoms with E-state index >= 15 is 0 Å². The summed E-state index contributed by atoms with van der Waals surface area (Å²) in [6, 6.07) is 17.8. The molecule has 0 aliphatic carbocycles. The van der Waals surface area contributed by atoms with Gasteiger partial charge in [0.15, 0.2) is 11.5 Å². The van der Waals surface area contributed by atoms with Crippen LogP contribution in [-0.4, -0.2) is 25.3 Å². The maximum atomic E-state index is 6.02. The van der Waals surface area contributed by atoms with Gasteiger partial charge in [0, 0.05) is 18.3 Å². The highest BCUT2D eigenvalue weighted by Gasteiger charge is 2.11. The fourth-order valence-electron chi connectivity index (χ4n) is 2.93. The van der Waals surface area contributed by atoms with Gasteiger partial charge in [-0.15, -0.1) is 0 Å². The topological polar surface area (TPSA) is 52.6 Å². The van der Waals surface area contributed by atoms with Crippen molar-refractivity contribution in [1.29, 1.82) is 0 Å². The highest BCUT2D eigenvalue weighted by atomic mass is 16.5. The van der Waals surface area contributed by atoms with Gasteiger partial charge in [0.2, 0.25) is 0 Å². The molecule has 3 rings (SSSR count). The number of pyridine rings is 1. The van der Waals surface area contributed by atoms with Gasteiger partial charge >= 0.3 is 0 Å². The van der Waals surface area contributed by atoms with Crippen LogP contribution < -0.4 is 19.5 Å². The first-order valence-corrected chi connectivity index (χ1v) is 9.31. The van der Waals surface area contributed by atoms with Crippen molar-refractivity contribution >= 4 is 5.82 Å². The van der Waals surface area contributed by atoms with E-state index < -0.39 is 0 Å². The van der Waals surface area contributed by atoms with Gasteiger partial charge in [-0.25, -0.2) is 4.98 Å². The van der Waals surface area contributed by atoms with Crippen LogP contribution in [0.1, 0.15) is 16.7 Å². The first-order valence-electron chi connectivity index (χ1n) is 9.31. The highest BCUT2D eigenvalue weighted by molar-refractivity contribution is 5.48. The molecule has 146 valence electrons. The zero-order valence-corrected chi connectivity index (χ0v) is 16.6. The van der Waals surface area contributed by atoms with Crippen molar-refractivity contribution in [3.05, 3.63) is 77.5 Å². The molecule has 2 aromatic carbocycles. The molecule has 0 unspecified atom stereocenters. The van der Waals surface area contributed by atoms with Crippen molar-refractivity contribution < 1.29 is 14.2 Å². The Kier molecular flexibility index (Phi) is 6.73. The number of aryl methyl sites for hydroxylation is 2. The summed E-state index contributed by atoms with van der Waals surface area (Å²) in [6.07, 6.45) is 1.76. The number of benzene rings is 2. The summed E-state index contributed by atoms with van der Waals surface area (Å²) in [6.45, 7) is 5.58. The second-order valence-electron chi connectivity index (χ2n) is 6.48. The molecule has 0 bridgehead atoms. The zero-order chi connectivity index (χ0) is 19.8. The van der Waals surface area contributed by atoms with Crippen LogP contribution in [0, 0.1) is 13.8 Å². The van der Waals surface area contributed by atoms with Crippen LogP contribution >= 0.6 is 0 Å². The molecule has 0 radical (unpaired) electrons. The van der Waals surface area contributed by atoms with Crippen molar-refractivity contribution in [3.8, 4) is 17.2 Å². The lowest BCUT2D eigenvalue weighted by Gasteiger charge is -2.16. The summed E-state index contributed by atoms with van der Waals surface area (Å²) in [5, 5.41) is 3.30. The number of ether oxygens (including phenoxy) is 3. The molecule has 5 nitrogen and oxygen atoms in total. The Morgan fingerprint density at radius 1 is 0.893 bits per heavy atom. The van der Waals surface area contributed by atoms with Gasteiger partial charge in [0.25, 0.3) is 0 Å². The largest absolute Gasteiger partial charge is 0.493 e. The molecule has 28 heavy (non-hydrogen) atoms. The molecular formula is C23H26N2O3. The molecule has 0 aliphatic heterocycles. The van der Waals surface area contributed by atoms with Crippen LogP contribution in [0.5, 0.6) is 17.2 Å². The number of hydrogen-bond acceptors (Lipinski definition) is 5. The SMILES string of the molecule is COc1cccc(CNc2ccccn2)c1OCCOc1ccc(C)cc1C. The van der Waals surface area contributed by atoms with E-state index in [0.29, 0.717) is 25.5 Å². The lowest BCUT2D eigenvalue weighted by atomic mass is 10.1. The third kappa shape index (κ3) is 5.16. The van der Waals surface area contributed by atoms with Crippen molar-refractivity contribution in [1.82, 2.24) is 4.98 Å². The molecule has 5 heteroatoms. The highest BCUT2D eigenvalue weighted by Crippen LogP contribution is 2.31. The minimum atomic E-state index is 0.421. The number of nitrogens with one attached hydrogen (secondary N) is 1. The molecule has 0 saturated heterocycles. The third-order valence-corrected chi connectivity index (χ3v) is 4.32. The van der Waals surface area contributed by atoms with Crippen LogP contribution in [0.25, 0.3) is 0 Å². The van der Waals surface area contributed by atoms with Crippen LogP contribution in [0.2, 0.25) is 0 Å². The van der Waals surface area contributed by atoms with Crippen LogP contribution in [0.4, 0.5) is 5.82 Å². The Hall–Kier alpha value is -3.21. The predicted octanol–water partition coefficient (Wildman–Crippen LogP) is 4.78. The number of rotatable bonds is 9. The van der Waals surface area contributed by atoms with Crippen molar-refractivity contribution in [2.24, 2.45) is 0 Å². The third-order valence-electron chi connectivity index (χ3n) is 4.32. The van der Waals surface area contributed by atoms with Crippen molar-refractivity contribution in [2.45, 2.75) is 20.4 Å². The van der Waals surface area contributed by atoms with E-state index in [9.17, 15) is 0 Å². The van der Waals surface area contributed by atoms with E-state index in [1.807, 2.05) is 55.5 Å². The van der Waals surface area contributed by atoms with Gasteiger partial charge < -0.3 is 19.5 Å². The Morgan fingerprint density at radius 3 is 2.50 bits per heavy atom. The normalized spacial score (nSPS) is 10.4. The molecule has 3 aromatic rings. The number of aromatic nitrogens is 1. The van der Waals surface area contributed by atoms with Crippen molar-refractivity contribution in [2.75, 3.05) is 25.6 Å². The number of hydrogen-bond donors (Lipinski definition) is 1. The summed E-state index contributed by atoms with van der Waals surface area (Å²) in [4.78, 5) is 4.29. The summed E-state index contributed by atoms with van der Waals surface area (Å²) >= 11 is 0. The first-order chi connectivity index (χ1) is 13.7. The molecular weight excluding hydrogens is 352 g/mol. The summed E-state index contributed by atoms with van der Waals surface area (Å²) in [5.41, 5.74) is 3.34. The Labute approximate surface area is 166 Å². The summed E-state index contributed by atoms with van der Waals surface area (Å²) < 4.78 is 17.4. The van der Waals surface area contributed by atoms with Gasteiger partial charge in [0.1, 0.15) is 24.8 Å². The minimum Gasteiger partial charge on any atom is -0.493 e. The van der Waals surface area contributed by atoms with Gasteiger partial charge in [-0.2, -0.15) is 0 Å². The zero-order valence-electron chi connectivity index (χ0n) is 16.6. The molecule has 0 fully saturated rings. The monoisotopic (exact) mass is 378 g/mol. The molecule has 0 saturated carbocycles. The molecule has 1 aromatic heterocycles. The lowest BCUT2D eigenvalue weighted by molar-refractivity contribution is 0.209. The standard InChI is InChI=1S/C23H26N2O3/c1-17-10-11-20(18(2)15-17)27-13-14-28-23-19(7-6-8-21(23)26-3)16-25-22-9-4-5-12-24-22/h4-12,15H,13-14,16H2,1-3H3,(H,24,25). The first kappa shape index (κ1) is 19.5. The minimum absolute atomic E-state index is 0.421. The van der Waals surface area contributed by atoms with Crippen molar-refractivity contribution in [3.63, 3.8) is 0 Å². The fraction of sp³-hybridized carbons (Fsp3) is 0.261. The van der Waals surface area contributed by atoms with Gasteiger partial charge in [-0.1, -0.05) is 35.9 Å². The van der Waals surface area contributed by atoms with Gasteiger partial charge in [-0.05, 0) is 43.7 Å². The number of anilines is 1. The number of methoxy groups -OCH3 is 1. The van der Waals surface area contributed by atoms with Gasteiger partial charge in [0.05, 0.1) is 7.11 Å². The van der Waals surface area contributed by atoms with E-state index in [4.69, 9.17) is 14.2 Å². The van der Waals surface area contributed by atoms with E-state index in [1.54, 1.807) is 13.3 Å². The molecule has 0 atom stereocenters. The average Bonchev–Trinajstić information content (AvgIpc) is 2.72. The van der Waals surface area contributed by atoms with Gasteiger partial charge in [-0.3, -0.25) is 0 Å². The Morgan fingerprint density at radius 2 is 1.75 bits per heavy atom. The molecule has 1 heterocycles. The van der Waals surface area contributed by atoms with E-state index in [1.165, 1.54) is 5.56 Å². The smallest absolute Gasteiger partial charge is 0.166 e. The fourth-order valence-corrected chi connectivity index (χ4v) is 2.93. The summed E-state index contributed by atoms with van der Waals surface area (Å²) in [5.74, 6) is 3.12. The quantitative estimate of drug-likeness (QED) is 0.543. The van der Waals surface area contributed by atoms with E-state index in [2.05, 4.69) is 23.3 Å². The van der Waals surface area contributed by atoms with E-state index in [-0.39, 0.29) is 0 Å². The van der Waals surface area contributed by atoms with Crippen LogP contribution in [0.15, 0.2) is 60.8 Å². The summed E-state index contributed by atoms with van der Waals surface area (Å²) in [7, 11) is 1.64. The molecule has 1 N–H and O–H groups in total. The predicted molar refractivity (Wildman–Crippen MR) is 111 cm³/mol. The second-order valence-corrected chi connectivity index (χ2v) is 6.48. The number of nitrogens with zero attached hydrogens (tertiary/aromatic N) is 1. The maximum absolute atomic E-state index is 6.02. The molecule has 0 spiro atoms. The molecule has 0 amide bonds. The lowest BCUT2D eigenvalue weighted by Crippen LogP contribution is -2.12.